The summed E-state index contributed by atoms with van der Waals surface area (Å²) in [7, 11) is 0. The number of hydrogen-bond acceptors (Lipinski definition) is 8. The first kappa shape index (κ1) is 30.5. The van der Waals surface area contributed by atoms with Gasteiger partial charge < -0.3 is 40.7 Å². The van der Waals surface area contributed by atoms with Crippen molar-refractivity contribution in [2.24, 2.45) is 0 Å². The zero-order chi connectivity index (χ0) is 26.7. The summed E-state index contributed by atoms with van der Waals surface area (Å²) < 4.78 is 5.23. The summed E-state index contributed by atoms with van der Waals surface area (Å²) >= 11 is 0. The Morgan fingerprint density at radius 2 is 1.49 bits per heavy atom. The molecular formula is C24H39N3O8. The quantitative estimate of drug-likeness (QED) is 0.250. The maximum Gasteiger partial charge on any atom is 0.253 e. The molecule has 2 unspecified atom stereocenters. The molecule has 1 aliphatic rings. The Balaban J connectivity index is 0.00000298. The topological polar surface area (TPSA) is 169 Å². The van der Waals surface area contributed by atoms with E-state index in [-0.39, 0.29) is 43.3 Å². The zero-order valence-electron chi connectivity index (χ0n) is 21.2. The third-order valence-electron chi connectivity index (χ3n) is 5.55. The molecule has 11 nitrogen and oxygen atoms in total. The van der Waals surface area contributed by atoms with Crippen LogP contribution in [0.2, 0.25) is 0 Å². The summed E-state index contributed by atoms with van der Waals surface area (Å²) in [5, 5.41) is 42.5. The Morgan fingerprint density at radius 1 is 0.971 bits per heavy atom. The number of aliphatic hydroxyl groups is 4. The summed E-state index contributed by atoms with van der Waals surface area (Å²) in [4.78, 5) is 40.4. The van der Waals surface area contributed by atoms with E-state index >= 15 is 0 Å². The molecular weight excluding hydrogens is 458 g/mol. The number of nitrogens with zero attached hydrogens (tertiary/aromatic N) is 1. The molecule has 2 rings (SSSR count). The number of ether oxygens (including phenoxy) is 1. The smallest absolute Gasteiger partial charge is 0.253 e. The van der Waals surface area contributed by atoms with Crippen molar-refractivity contribution in [3.05, 3.63) is 27.8 Å². The van der Waals surface area contributed by atoms with E-state index in [4.69, 9.17) is 14.9 Å². The van der Waals surface area contributed by atoms with E-state index in [9.17, 15) is 24.6 Å². The molecule has 6 N–H and O–H groups in total. The number of hydrogen-bond donors (Lipinski definition) is 6. The third-order valence-corrected chi connectivity index (χ3v) is 5.55. The highest BCUT2D eigenvalue weighted by Gasteiger charge is 2.32. The zero-order valence-corrected chi connectivity index (χ0v) is 21.2. The van der Waals surface area contributed by atoms with Crippen LogP contribution in [0.1, 0.15) is 58.2 Å². The van der Waals surface area contributed by atoms with Gasteiger partial charge in [0.2, 0.25) is 0 Å². The Hall–Kier alpha value is -2.57. The average Bonchev–Trinajstić information content (AvgIpc) is 2.86. The fraction of sp³-hybridized carbons (Fsp3) is 0.625. The first-order valence-corrected chi connectivity index (χ1v) is 11.9. The van der Waals surface area contributed by atoms with Crippen molar-refractivity contribution in [3.63, 3.8) is 0 Å². The van der Waals surface area contributed by atoms with E-state index in [0.29, 0.717) is 35.4 Å². The molecule has 0 spiro atoms. The number of morpholine rings is 1. The fourth-order valence-electron chi connectivity index (χ4n) is 3.93. The number of anilines is 1. The second kappa shape index (κ2) is 14.7. The minimum absolute atomic E-state index is 0.120. The maximum absolute atomic E-state index is 13.1. The standard InChI is InChI=1S/C22H33N3O8.C2H6/c1-4-16-19(22(32)24-8-15(29)10-27)12(2)18(21(31)23-7-14(28)9-26)13(3)20(16)25-5-6-33-11-17(25)30;1-2/h14-15,26-29H,4-11H2,1-3H3,(H,23,31)(H,24,32);1-2H3. The molecule has 0 aliphatic carbocycles. The van der Waals surface area contributed by atoms with Crippen LogP contribution in [0.3, 0.4) is 0 Å². The molecule has 0 saturated carbocycles. The van der Waals surface area contributed by atoms with Gasteiger partial charge in [0.25, 0.3) is 17.7 Å². The molecule has 0 bridgehead atoms. The Labute approximate surface area is 206 Å². The first-order chi connectivity index (χ1) is 16.7. The third kappa shape index (κ3) is 7.45. The molecule has 0 aromatic heterocycles. The van der Waals surface area contributed by atoms with Gasteiger partial charge in [-0.15, -0.1) is 0 Å². The van der Waals surface area contributed by atoms with Crippen LogP contribution in [0.5, 0.6) is 0 Å². The van der Waals surface area contributed by atoms with E-state index in [1.165, 1.54) is 4.90 Å². The largest absolute Gasteiger partial charge is 0.394 e. The van der Waals surface area contributed by atoms with Crippen molar-refractivity contribution in [2.75, 3.05) is 51.0 Å². The molecule has 1 saturated heterocycles. The van der Waals surface area contributed by atoms with Gasteiger partial charge in [0.05, 0.1) is 37.7 Å². The maximum atomic E-state index is 13.1. The van der Waals surface area contributed by atoms with Gasteiger partial charge in [-0.25, -0.2) is 0 Å². The second-order valence-corrected chi connectivity index (χ2v) is 7.87. The number of benzene rings is 1. The molecule has 35 heavy (non-hydrogen) atoms. The van der Waals surface area contributed by atoms with Crippen LogP contribution in [0.4, 0.5) is 5.69 Å². The van der Waals surface area contributed by atoms with Gasteiger partial charge in [-0.05, 0) is 37.0 Å². The normalized spacial score (nSPS) is 15.1. The summed E-state index contributed by atoms with van der Waals surface area (Å²) in [5.41, 5.74) is 2.29. The van der Waals surface area contributed by atoms with Crippen LogP contribution in [-0.4, -0.2) is 96.4 Å². The molecule has 2 atom stereocenters. The summed E-state index contributed by atoms with van der Waals surface area (Å²) in [5.74, 6) is -1.41. The molecule has 1 aliphatic heterocycles. The van der Waals surface area contributed by atoms with Gasteiger partial charge in [0, 0.05) is 30.8 Å². The minimum Gasteiger partial charge on any atom is -0.394 e. The van der Waals surface area contributed by atoms with Gasteiger partial charge in [-0.1, -0.05) is 20.8 Å². The lowest BCUT2D eigenvalue weighted by Gasteiger charge is -2.33. The summed E-state index contributed by atoms with van der Waals surface area (Å²) in [6.45, 7) is 8.14. The number of rotatable bonds is 10. The number of carbonyl (C=O) groups excluding carboxylic acids is 3. The van der Waals surface area contributed by atoms with Gasteiger partial charge in [-0.3, -0.25) is 14.4 Å². The van der Waals surface area contributed by atoms with E-state index < -0.39 is 37.2 Å². The Kier molecular flexibility index (Phi) is 12.8. The number of amides is 3. The lowest BCUT2D eigenvalue weighted by atomic mass is 9.87. The molecule has 1 aromatic carbocycles. The summed E-state index contributed by atoms with van der Waals surface area (Å²) in [6.07, 6.45) is -1.90. The number of aliphatic hydroxyl groups excluding tert-OH is 4. The highest BCUT2D eigenvalue weighted by atomic mass is 16.5. The van der Waals surface area contributed by atoms with Crippen LogP contribution >= 0.6 is 0 Å². The van der Waals surface area contributed by atoms with Gasteiger partial charge in [0.15, 0.2) is 0 Å². The van der Waals surface area contributed by atoms with Crippen LogP contribution < -0.4 is 15.5 Å². The van der Waals surface area contributed by atoms with Gasteiger partial charge in [0.1, 0.15) is 6.61 Å². The summed E-state index contributed by atoms with van der Waals surface area (Å²) in [6, 6.07) is 0. The van der Waals surface area contributed by atoms with Crippen molar-refractivity contribution in [2.45, 2.75) is 53.2 Å². The average molecular weight is 498 g/mol. The van der Waals surface area contributed by atoms with Crippen molar-refractivity contribution in [1.29, 1.82) is 0 Å². The van der Waals surface area contributed by atoms with Gasteiger partial charge in [-0.2, -0.15) is 0 Å². The molecule has 1 fully saturated rings. The van der Waals surface area contributed by atoms with E-state index in [1.54, 1.807) is 13.8 Å². The number of carbonyl (C=O) groups is 3. The molecule has 1 aromatic rings. The van der Waals surface area contributed by atoms with E-state index in [1.807, 2.05) is 20.8 Å². The lowest BCUT2D eigenvalue weighted by molar-refractivity contribution is -0.125. The van der Waals surface area contributed by atoms with Crippen molar-refractivity contribution < 1.29 is 39.5 Å². The highest BCUT2D eigenvalue weighted by molar-refractivity contribution is 6.08. The second-order valence-electron chi connectivity index (χ2n) is 7.87. The molecule has 0 radical (unpaired) electrons. The number of nitrogens with one attached hydrogen (secondary N) is 2. The van der Waals surface area contributed by atoms with Gasteiger partial charge >= 0.3 is 0 Å². The van der Waals surface area contributed by atoms with Crippen molar-refractivity contribution in [3.8, 4) is 0 Å². The van der Waals surface area contributed by atoms with Crippen LogP contribution in [0, 0.1) is 13.8 Å². The molecule has 1 heterocycles. The fourth-order valence-corrected chi connectivity index (χ4v) is 3.93. The molecule has 198 valence electrons. The first-order valence-electron chi connectivity index (χ1n) is 11.9. The Bertz CT molecular complexity index is 890. The van der Waals surface area contributed by atoms with Crippen LogP contribution in [0.15, 0.2) is 0 Å². The molecule has 3 amide bonds. The molecule has 11 heteroatoms. The van der Waals surface area contributed by atoms with Crippen LogP contribution in [-0.2, 0) is 16.0 Å². The minimum atomic E-state index is -1.15. The monoisotopic (exact) mass is 497 g/mol. The predicted molar refractivity (Wildman–Crippen MR) is 131 cm³/mol. The Morgan fingerprint density at radius 3 is 1.94 bits per heavy atom. The highest BCUT2D eigenvalue weighted by Crippen LogP contribution is 2.36. The predicted octanol–water partition coefficient (Wildman–Crippen LogP) is -0.579. The SMILES string of the molecule is CC.CCc1c(C(=O)NCC(O)CO)c(C)c(C(=O)NCC(O)CO)c(C)c1N1CCOCC1=O. The van der Waals surface area contributed by atoms with Crippen molar-refractivity contribution in [1.82, 2.24) is 10.6 Å². The van der Waals surface area contributed by atoms with E-state index in [2.05, 4.69) is 10.6 Å². The lowest BCUT2D eigenvalue weighted by Crippen LogP contribution is -2.44. The van der Waals surface area contributed by atoms with Crippen LogP contribution in [0.25, 0.3) is 0 Å². The van der Waals surface area contributed by atoms with Crippen molar-refractivity contribution >= 4 is 23.4 Å². The van der Waals surface area contributed by atoms with E-state index in [0.717, 1.165) is 0 Å².